The Morgan fingerprint density at radius 3 is 2.32 bits per heavy atom. The fraction of sp³-hybridized carbons (Fsp3) is 0.0526. The number of urea groups is 1. The molecule has 28 heavy (non-hydrogen) atoms. The highest BCUT2D eigenvalue weighted by Crippen LogP contribution is 2.28. The van der Waals surface area contributed by atoms with Crippen LogP contribution in [0.5, 0.6) is 5.75 Å². The van der Waals surface area contributed by atoms with E-state index in [1.54, 1.807) is 36.4 Å². The number of para-hydroxylation sites is 3. The summed E-state index contributed by atoms with van der Waals surface area (Å²) in [6, 6.07) is 17.4. The van der Waals surface area contributed by atoms with E-state index < -0.39 is 18.5 Å². The summed E-state index contributed by atoms with van der Waals surface area (Å²) < 4.78 is 29.3. The third kappa shape index (κ3) is 5.27. The number of rotatable bonds is 6. The van der Waals surface area contributed by atoms with Gasteiger partial charge in [-0.15, -0.1) is 11.3 Å². The van der Waals surface area contributed by atoms with E-state index in [0.29, 0.717) is 15.6 Å². The van der Waals surface area contributed by atoms with Crippen molar-refractivity contribution >= 4 is 39.7 Å². The van der Waals surface area contributed by atoms with Gasteiger partial charge >= 0.3 is 12.6 Å². The molecule has 0 atom stereocenters. The van der Waals surface area contributed by atoms with Crippen molar-refractivity contribution in [2.75, 3.05) is 16.0 Å². The Labute approximate surface area is 163 Å². The standard InChI is InChI=1S/C19H15F2N3O3S/c20-18(21)27-14-9-5-4-8-13(14)23-17(25)15-10-11-16(28-15)24-19(26)22-12-6-2-1-3-7-12/h1-11,18H,(H,23,25)(H2,22,24,26). The van der Waals surface area contributed by atoms with Gasteiger partial charge in [-0.25, -0.2) is 4.79 Å². The van der Waals surface area contributed by atoms with Crippen molar-refractivity contribution in [1.82, 2.24) is 0 Å². The number of halogens is 2. The van der Waals surface area contributed by atoms with E-state index in [2.05, 4.69) is 20.7 Å². The molecule has 0 saturated heterocycles. The summed E-state index contributed by atoms with van der Waals surface area (Å²) in [5, 5.41) is 8.27. The van der Waals surface area contributed by atoms with Crippen LogP contribution in [0.15, 0.2) is 66.7 Å². The van der Waals surface area contributed by atoms with Crippen molar-refractivity contribution in [2.45, 2.75) is 6.61 Å². The number of thiophene rings is 1. The van der Waals surface area contributed by atoms with Crippen LogP contribution in [0.25, 0.3) is 0 Å². The number of amides is 3. The van der Waals surface area contributed by atoms with Crippen LogP contribution in [-0.2, 0) is 0 Å². The van der Waals surface area contributed by atoms with Crippen molar-refractivity contribution < 1.29 is 23.1 Å². The van der Waals surface area contributed by atoms with Crippen LogP contribution in [0.3, 0.4) is 0 Å². The average Bonchev–Trinajstić information content (AvgIpc) is 3.12. The van der Waals surface area contributed by atoms with Crippen LogP contribution >= 0.6 is 11.3 Å². The molecule has 0 fully saturated rings. The third-order valence-corrected chi connectivity index (χ3v) is 4.45. The Morgan fingerprint density at radius 1 is 0.857 bits per heavy atom. The summed E-state index contributed by atoms with van der Waals surface area (Å²) >= 11 is 1.05. The fourth-order valence-electron chi connectivity index (χ4n) is 2.28. The highest BCUT2D eigenvalue weighted by atomic mass is 32.1. The maximum Gasteiger partial charge on any atom is 0.387 e. The molecule has 0 saturated carbocycles. The lowest BCUT2D eigenvalue weighted by molar-refractivity contribution is -0.0493. The number of ether oxygens (including phenoxy) is 1. The first-order valence-corrected chi connectivity index (χ1v) is 8.91. The van der Waals surface area contributed by atoms with Crippen molar-refractivity contribution in [3.8, 4) is 5.75 Å². The average molecular weight is 403 g/mol. The molecule has 1 aromatic heterocycles. The molecular weight excluding hydrogens is 388 g/mol. The van der Waals surface area contributed by atoms with Crippen LogP contribution in [0.4, 0.5) is 30.0 Å². The minimum absolute atomic E-state index is 0.123. The topological polar surface area (TPSA) is 79.5 Å². The third-order valence-electron chi connectivity index (χ3n) is 3.45. The summed E-state index contributed by atoms with van der Waals surface area (Å²) in [7, 11) is 0. The Morgan fingerprint density at radius 2 is 1.57 bits per heavy atom. The van der Waals surface area contributed by atoms with E-state index in [-0.39, 0.29) is 11.4 Å². The van der Waals surface area contributed by atoms with Crippen molar-refractivity contribution in [2.24, 2.45) is 0 Å². The predicted octanol–water partition coefficient (Wildman–Crippen LogP) is 5.25. The van der Waals surface area contributed by atoms with Gasteiger partial charge in [0.05, 0.1) is 15.6 Å². The smallest absolute Gasteiger partial charge is 0.387 e. The van der Waals surface area contributed by atoms with Gasteiger partial charge < -0.3 is 15.4 Å². The summed E-state index contributed by atoms with van der Waals surface area (Å²) in [6.07, 6.45) is 0. The number of carbonyl (C=O) groups is 2. The first kappa shape index (κ1) is 19.3. The number of alkyl halides is 2. The second-order valence-corrected chi connectivity index (χ2v) is 6.52. The lowest BCUT2D eigenvalue weighted by Gasteiger charge is -2.10. The van der Waals surface area contributed by atoms with Crippen LogP contribution in [-0.4, -0.2) is 18.5 Å². The molecule has 1 heterocycles. The molecular formula is C19H15F2N3O3S. The summed E-state index contributed by atoms with van der Waals surface area (Å²) in [4.78, 5) is 24.7. The highest BCUT2D eigenvalue weighted by molar-refractivity contribution is 7.18. The van der Waals surface area contributed by atoms with E-state index in [0.717, 1.165) is 11.3 Å². The molecule has 3 amide bonds. The van der Waals surface area contributed by atoms with Gasteiger partial charge in [0.1, 0.15) is 5.75 Å². The van der Waals surface area contributed by atoms with Gasteiger partial charge in [-0.3, -0.25) is 10.1 Å². The molecule has 0 aliphatic rings. The van der Waals surface area contributed by atoms with Gasteiger partial charge in [0, 0.05) is 5.69 Å². The molecule has 6 nitrogen and oxygen atoms in total. The molecule has 0 bridgehead atoms. The molecule has 3 rings (SSSR count). The van der Waals surface area contributed by atoms with E-state index >= 15 is 0 Å². The van der Waals surface area contributed by atoms with Crippen molar-refractivity contribution in [3.05, 3.63) is 71.6 Å². The van der Waals surface area contributed by atoms with Crippen LogP contribution in [0.2, 0.25) is 0 Å². The maximum atomic E-state index is 12.5. The Hall–Kier alpha value is -3.46. The molecule has 3 aromatic rings. The zero-order valence-electron chi connectivity index (χ0n) is 14.3. The first-order chi connectivity index (χ1) is 13.5. The van der Waals surface area contributed by atoms with Gasteiger partial charge in [-0.1, -0.05) is 30.3 Å². The summed E-state index contributed by atoms with van der Waals surface area (Å²) in [6.45, 7) is -3.00. The molecule has 0 unspecified atom stereocenters. The number of hydrogen-bond donors (Lipinski definition) is 3. The Bertz CT molecular complexity index is 964. The number of benzene rings is 2. The van der Waals surface area contributed by atoms with E-state index in [9.17, 15) is 18.4 Å². The Kier molecular flexibility index (Phi) is 6.18. The quantitative estimate of drug-likeness (QED) is 0.526. The first-order valence-electron chi connectivity index (χ1n) is 8.09. The monoisotopic (exact) mass is 403 g/mol. The van der Waals surface area contributed by atoms with E-state index in [1.165, 1.54) is 24.3 Å². The van der Waals surface area contributed by atoms with Gasteiger partial charge in [0.15, 0.2) is 0 Å². The molecule has 3 N–H and O–H groups in total. The van der Waals surface area contributed by atoms with Crippen LogP contribution in [0.1, 0.15) is 9.67 Å². The predicted molar refractivity (Wildman–Crippen MR) is 104 cm³/mol. The number of carbonyl (C=O) groups excluding carboxylic acids is 2. The van der Waals surface area contributed by atoms with Gasteiger partial charge in [0.2, 0.25) is 0 Å². The Balaban J connectivity index is 1.62. The molecule has 2 aromatic carbocycles. The zero-order chi connectivity index (χ0) is 19.9. The van der Waals surface area contributed by atoms with Crippen LogP contribution in [0, 0.1) is 0 Å². The molecule has 0 aliphatic heterocycles. The molecule has 0 spiro atoms. The minimum Gasteiger partial charge on any atom is -0.433 e. The van der Waals surface area contributed by atoms with E-state index in [4.69, 9.17) is 0 Å². The van der Waals surface area contributed by atoms with Gasteiger partial charge in [0.25, 0.3) is 5.91 Å². The summed E-state index contributed by atoms with van der Waals surface area (Å²) in [5.41, 5.74) is 0.752. The fourth-order valence-corrected chi connectivity index (χ4v) is 3.07. The largest absolute Gasteiger partial charge is 0.433 e. The molecule has 0 radical (unpaired) electrons. The van der Waals surface area contributed by atoms with Crippen LogP contribution < -0.4 is 20.7 Å². The van der Waals surface area contributed by atoms with Crippen molar-refractivity contribution in [3.63, 3.8) is 0 Å². The molecule has 144 valence electrons. The number of anilines is 3. The van der Waals surface area contributed by atoms with Gasteiger partial charge in [-0.2, -0.15) is 8.78 Å². The second kappa shape index (κ2) is 8.96. The van der Waals surface area contributed by atoms with Crippen molar-refractivity contribution in [1.29, 1.82) is 0 Å². The molecule has 9 heteroatoms. The lowest BCUT2D eigenvalue weighted by Crippen LogP contribution is -2.18. The minimum atomic E-state index is -3.00. The zero-order valence-corrected chi connectivity index (χ0v) is 15.1. The lowest BCUT2D eigenvalue weighted by atomic mass is 10.3. The van der Waals surface area contributed by atoms with Gasteiger partial charge in [-0.05, 0) is 36.4 Å². The summed E-state index contributed by atoms with van der Waals surface area (Å²) in [5.74, 6) is -0.644. The normalized spacial score (nSPS) is 10.4. The number of nitrogens with one attached hydrogen (secondary N) is 3. The maximum absolute atomic E-state index is 12.5. The van der Waals surface area contributed by atoms with E-state index in [1.807, 2.05) is 6.07 Å². The number of hydrogen-bond acceptors (Lipinski definition) is 4. The SMILES string of the molecule is O=C(Nc1ccccc1)Nc1ccc(C(=O)Nc2ccccc2OC(F)F)s1. The molecule has 0 aliphatic carbocycles. The second-order valence-electron chi connectivity index (χ2n) is 5.44. The highest BCUT2D eigenvalue weighted by Gasteiger charge is 2.15.